The van der Waals surface area contributed by atoms with E-state index in [0.717, 1.165) is 72.5 Å². The minimum atomic E-state index is -4.67. The van der Waals surface area contributed by atoms with E-state index in [9.17, 15) is 24.6 Å². The van der Waals surface area contributed by atoms with Crippen molar-refractivity contribution in [2.75, 3.05) is 60.0 Å². The molecule has 2 aliphatic heterocycles. The number of aliphatic hydroxyl groups excluding tert-OH is 4. The molecule has 6 aromatic heterocycles. The SMILES string of the molecule is Cc1cn([C@H]2C[C@H](N=[N+]=[N-])[C@@H](CO)O2)c(=O)[nH]c1=O.Nc1ccn([C@@H]2CS[C@H](CO)O2)c(=O)n1.Nc1nc(NC2CC2)c2ncn([C@H]3C=C[C@@H](CO)C3)c2n1.Nc1nc(NC2CC2)c2ncn([C@H]3C=C[C@@H](CO)C3)c2n1.O=S(=O)(O)O. The molecule has 12 rings (SSSR count). The molecule has 2 saturated heterocycles. The van der Waals surface area contributed by atoms with Crippen LogP contribution in [0.3, 0.4) is 0 Å². The summed E-state index contributed by atoms with van der Waals surface area (Å²) in [6.07, 6.45) is 19.7. The van der Waals surface area contributed by atoms with Gasteiger partial charge in [0, 0.05) is 72.2 Å². The number of fused-ring (bicyclic) bond motifs is 2. The predicted octanol–water partition coefficient (Wildman–Crippen LogP) is 0.741. The summed E-state index contributed by atoms with van der Waals surface area (Å²) in [5.41, 5.74) is 27.1. The molecular formula is C46H62N20O13S2. The van der Waals surface area contributed by atoms with Crippen LogP contribution in [0, 0.1) is 18.8 Å². The molecule has 33 nitrogen and oxygen atoms in total. The van der Waals surface area contributed by atoms with Gasteiger partial charge in [0.25, 0.3) is 5.56 Å². The zero-order valence-electron chi connectivity index (χ0n) is 43.4. The highest BCUT2D eigenvalue weighted by Gasteiger charge is 2.36. The van der Waals surface area contributed by atoms with Crippen molar-refractivity contribution in [3.05, 3.63) is 103 Å². The van der Waals surface area contributed by atoms with Crippen LogP contribution in [-0.4, -0.2) is 158 Å². The van der Waals surface area contributed by atoms with Gasteiger partial charge in [0.15, 0.2) is 34.0 Å². The quantitative estimate of drug-likeness (QED) is 0.0249. The highest BCUT2D eigenvalue weighted by atomic mass is 32.3. The van der Waals surface area contributed by atoms with Gasteiger partial charge >= 0.3 is 21.8 Å². The number of H-pyrrole nitrogens is 1. The first-order valence-electron chi connectivity index (χ1n) is 25.4. The van der Waals surface area contributed by atoms with Gasteiger partial charge < -0.3 is 66.9 Å². The van der Waals surface area contributed by atoms with Gasteiger partial charge in [0.05, 0.1) is 50.1 Å². The number of hydrogen-bond acceptors (Lipinski definition) is 25. The number of aryl methyl sites for hydroxylation is 1. The molecule has 0 unspecified atom stereocenters. The Morgan fingerprint density at radius 1 is 0.753 bits per heavy atom. The molecule has 15 N–H and O–H groups in total. The molecule has 9 atom stereocenters. The average Bonchev–Trinajstić information content (AvgIpc) is 4.03. The summed E-state index contributed by atoms with van der Waals surface area (Å²) < 4.78 is 49.1. The van der Waals surface area contributed by atoms with Crippen LogP contribution in [0.4, 0.5) is 29.4 Å². The molecule has 0 radical (unpaired) electrons. The van der Waals surface area contributed by atoms with Gasteiger partial charge in [0.1, 0.15) is 23.7 Å². The highest BCUT2D eigenvalue weighted by Crippen LogP contribution is 2.36. The van der Waals surface area contributed by atoms with E-state index < -0.39 is 45.7 Å². The van der Waals surface area contributed by atoms with E-state index in [1.165, 1.54) is 27.1 Å². The van der Waals surface area contributed by atoms with Crippen molar-refractivity contribution in [2.24, 2.45) is 17.0 Å². The first kappa shape index (κ1) is 59.5. The number of thioether (sulfide) groups is 1. The van der Waals surface area contributed by atoms with Crippen LogP contribution in [0.5, 0.6) is 0 Å². The van der Waals surface area contributed by atoms with Gasteiger partial charge in [-0.25, -0.2) is 19.6 Å². The third-order valence-electron chi connectivity index (χ3n) is 13.3. The van der Waals surface area contributed by atoms with Crippen molar-refractivity contribution in [3.8, 4) is 0 Å². The smallest absolute Gasteiger partial charge is 0.394 e. The summed E-state index contributed by atoms with van der Waals surface area (Å²) in [7, 11) is -4.67. The first-order chi connectivity index (χ1) is 38.7. The number of ether oxygens (including phenoxy) is 2. The van der Waals surface area contributed by atoms with E-state index in [1.54, 1.807) is 31.8 Å². The Balaban J connectivity index is 0.000000139. The number of hydrogen-bond donors (Lipinski definition) is 12. The number of rotatable bonds is 13. The standard InChI is InChI=1S/2C14H18N6O.C10H13N5O4.C8H11N3O3S.H2O4S/c2*15-14-18-12(17-9-2-3-9)11-13(19-14)20(7-16-11)10-4-1-8(5-10)6-21;1-5-3-15(10(18)12-9(5)17)8-2-6(13-14-11)7(4-16)19-8;9-5-1-2-11(8(13)10-5)6-4-15-7(3-12)14-6;1-5(2,3)4/h2*1,4,7-10,21H,2-3,5-6H2,(H3,15,17,18,19);3,6-8,16H,2,4H2,1H3,(H,12,17,18);1-2,6-7,12H,3-4H2,(H2,9,10,13);(H2,1,2,3,4)/t2*8-,10+;6-,7+,8+;6-,7+;/m1100./s1. The van der Waals surface area contributed by atoms with Gasteiger partial charge in [-0.1, -0.05) is 29.4 Å². The number of aromatic nitrogens is 12. The zero-order valence-corrected chi connectivity index (χ0v) is 45.0. The Bertz CT molecular complexity index is 3450. The van der Waals surface area contributed by atoms with Crippen molar-refractivity contribution in [3.63, 3.8) is 0 Å². The summed E-state index contributed by atoms with van der Waals surface area (Å²) in [5.74, 6) is 3.18. The molecular weight excluding hydrogens is 1100 g/mol. The molecule has 0 amide bonds. The minimum Gasteiger partial charge on any atom is -0.396 e. The third kappa shape index (κ3) is 15.7. The summed E-state index contributed by atoms with van der Waals surface area (Å²) in [6.45, 7) is 1.55. The van der Waals surface area contributed by atoms with Gasteiger partial charge in [-0.2, -0.15) is 33.3 Å². The second-order valence-electron chi connectivity index (χ2n) is 19.4. The van der Waals surface area contributed by atoms with E-state index in [-0.39, 0.29) is 86.1 Å². The number of allylic oxidation sites excluding steroid dienone is 2. The number of imidazole rings is 2. The van der Waals surface area contributed by atoms with Crippen LogP contribution >= 0.6 is 11.8 Å². The van der Waals surface area contributed by atoms with Crippen molar-refractivity contribution in [2.45, 2.75) is 106 Å². The maximum Gasteiger partial charge on any atom is 0.394 e. The average molecular weight is 1170 g/mol. The fraction of sp³-hybridized carbons (Fsp3) is 0.522. The molecule has 0 bridgehead atoms. The van der Waals surface area contributed by atoms with Crippen LogP contribution in [-0.2, 0) is 19.9 Å². The van der Waals surface area contributed by atoms with Crippen molar-refractivity contribution >= 4 is 73.8 Å². The molecule has 436 valence electrons. The third-order valence-corrected chi connectivity index (χ3v) is 14.4. The molecule has 35 heteroatoms. The molecule has 4 aliphatic carbocycles. The highest BCUT2D eigenvalue weighted by molar-refractivity contribution is 8.00. The van der Waals surface area contributed by atoms with Gasteiger partial charge in [0.2, 0.25) is 11.9 Å². The van der Waals surface area contributed by atoms with Crippen molar-refractivity contribution in [1.29, 1.82) is 0 Å². The maximum atomic E-state index is 11.7. The number of nitrogens with one attached hydrogen (secondary N) is 3. The lowest BCUT2D eigenvalue weighted by atomic mass is 10.1. The van der Waals surface area contributed by atoms with Gasteiger partial charge in [-0.15, -0.1) is 11.8 Å². The topological polar surface area (TPSA) is 502 Å². The second-order valence-corrected chi connectivity index (χ2v) is 21.5. The Kier molecular flexibility index (Phi) is 19.4. The predicted molar refractivity (Wildman–Crippen MR) is 295 cm³/mol. The number of azide groups is 1. The summed E-state index contributed by atoms with van der Waals surface area (Å²) in [6, 6.07) is 2.29. The fourth-order valence-corrected chi connectivity index (χ4v) is 9.88. The van der Waals surface area contributed by atoms with E-state index in [4.69, 9.17) is 59.9 Å². The maximum absolute atomic E-state index is 11.7. The molecule has 6 aromatic rings. The number of aromatic amines is 1. The van der Waals surface area contributed by atoms with Gasteiger partial charge in [-0.05, 0) is 57.0 Å². The van der Waals surface area contributed by atoms with Gasteiger partial charge in [-0.3, -0.25) is 28.0 Å². The summed E-state index contributed by atoms with van der Waals surface area (Å²) in [4.78, 5) is 69.0. The molecule has 2 saturated carbocycles. The zero-order chi connectivity index (χ0) is 58.1. The fourth-order valence-electron chi connectivity index (χ4n) is 8.95. The first-order valence-corrected chi connectivity index (χ1v) is 27.9. The van der Waals surface area contributed by atoms with E-state index >= 15 is 0 Å². The molecule has 8 heterocycles. The molecule has 81 heavy (non-hydrogen) atoms. The molecule has 6 aliphatic rings. The summed E-state index contributed by atoms with van der Waals surface area (Å²) >= 11 is 1.47. The van der Waals surface area contributed by atoms with E-state index in [2.05, 4.69) is 72.7 Å². The Labute approximate surface area is 463 Å². The number of nitrogen functional groups attached to an aromatic ring is 3. The number of aliphatic hydroxyl groups is 4. The Morgan fingerprint density at radius 3 is 1.74 bits per heavy atom. The number of anilines is 5. The lowest BCUT2D eigenvalue weighted by Crippen LogP contribution is -2.33. The van der Waals surface area contributed by atoms with Crippen LogP contribution < -0.4 is 44.8 Å². The Hall–Kier alpha value is -7.57. The number of nitrogens with zero attached hydrogens (tertiary/aromatic N) is 14. The molecule has 0 aromatic carbocycles. The van der Waals surface area contributed by atoms with E-state index in [1.807, 2.05) is 21.3 Å². The van der Waals surface area contributed by atoms with Crippen LogP contribution in [0.2, 0.25) is 0 Å². The number of nitrogens with two attached hydrogens (primary N) is 3. The normalized spacial score (nSPS) is 24.5. The van der Waals surface area contributed by atoms with Crippen LogP contribution in [0.15, 0.2) is 74.9 Å². The minimum absolute atomic E-state index is 0.0572. The van der Waals surface area contributed by atoms with Crippen molar-refractivity contribution < 1.29 is 47.4 Å². The van der Waals surface area contributed by atoms with Crippen LogP contribution in [0.1, 0.15) is 75.0 Å². The lowest BCUT2D eigenvalue weighted by molar-refractivity contribution is -0.0271. The van der Waals surface area contributed by atoms with Crippen LogP contribution in [0.25, 0.3) is 32.8 Å². The Morgan fingerprint density at radius 2 is 1.30 bits per heavy atom. The molecule has 0 spiro atoms. The monoisotopic (exact) mass is 1170 g/mol. The lowest BCUT2D eigenvalue weighted by Gasteiger charge is -2.14. The molecule has 4 fully saturated rings. The van der Waals surface area contributed by atoms with Crippen molar-refractivity contribution in [1.82, 2.24) is 58.1 Å². The summed E-state index contributed by atoms with van der Waals surface area (Å²) in [5, 5.41) is 46.8. The van der Waals surface area contributed by atoms with E-state index in [0.29, 0.717) is 23.4 Å². The largest absolute Gasteiger partial charge is 0.396 e. The second kappa shape index (κ2) is 26.3.